The van der Waals surface area contributed by atoms with Gasteiger partial charge in [-0.2, -0.15) is 31.3 Å². The second-order valence-corrected chi connectivity index (χ2v) is 11.7. The van der Waals surface area contributed by atoms with Crippen LogP contribution in [0.5, 0.6) is 5.88 Å². The molecule has 0 radical (unpaired) electrons. The number of fused-ring (bicyclic) bond motifs is 1. The number of piperazine rings is 1. The van der Waals surface area contributed by atoms with Crippen LogP contribution in [0.25, 0.3) is 11.3 Å². The van der Waals surface area contributed by atoms with E-state index in [0.29, 0.717) is 30.8 Å². The van der Waals surface area contributed by atoms with E-state index in [1.807, 2.05) is 37.8 Å². The van der Waals surface area contributed by atoms with Gasteiger partial charge in [0.05, 0.1) is 23.4 Å². The molecule has 1 aromatic heterocycles. The Balaban J connectivity index is 1.60. The lowest BCUT2D eigenvalue weighted by atomic mass is 10.00. The van der Waals surface area contributed by atoms with Crippen LogP contribution in [-0.2, 0) is 23.7 Å². The normalized spacial score (nSPS) is 19.3. The van der Waals surface area contributed by atoms with Crippen LogP contribution in [0.3, 0.4) is 0 Å². The number of hydrogen-bond acceptors (Lipinski definition) is 6. The van der Waals surface area contributed by atoms with E-state index < -0.39 is 35.9 Å². The maximum absolute atomic E-state index is 14.2. The first kappa shape index (κ1) is 33.0. The van der Waals surface area contributed by atoms with Gasteiger partial charge in [0.1, 0.15) is 5.56 Å². The lowest BCUT2D eigenvalue weighted by molar-refractivity contribution is -0.143. The van der Waals surface area contributed by atoms with Crippen molar-refractivity contribution in [1.29, 1.82) is 0 Å². The highest BCUT2D eigenvalue weighted by Crippen LogP contribution is 2.38. The largest absolute Gasteiger partial charge is 0.477 e. The van der Waals surface area contributed by atoms with E-state index in [0.717, 1.165) is 5.56 Å². The van der Waals surface area contributed by atoms with E-state index in [2.05, 4.69) is 4.98 Å². The molecule has 2 amide bonds. The predicted octanol–water partition coefficient (Wildman–Crippen LogP) is 6.36. The van der Waals surface area contributed by atoms with E-state index >= 15 is 0 Å². The molecule has 3 aromatic rings. The van der Waals surface area contributed by atoms with Crippen molar-refractivity contribution in [2.24, 2.45) is 0 Å². The highest BCUT2D eigenvalue weighted by atomic mass is 19.4. The van der Waals surface area contributed by atoms with Crippen LogP contribution in [0.2, 0.25) is 0 Å². The molecular weight excluding hydrogens is 616 g/mol. The molecule has 2 unspecified atom stereocenters. The molecule has 1 saturated heterocycles. The van der Waals surface area contributed by atoms with Crippen molar-refractivity contribution in [3.63, 3.8) is 0 Å². The number of alkyl halides is 6. The zero-order valence-corrected chi connectivity index (χ0v) is 25.7. The van der Waals surface area contributed by atoms with E-state index in [9.17, 15) is 35.9 Å². The van der Waals surface area contributed by atoms with E-state index in [-0.39, 0.29) is 72.3 Å². The van der Waals surface area contributed by atoms with E-state index in [4.69, 9.17) is 9.72 Å². The molecule has 2 aliphatic heterocycles. The van der Waals surface area contributed by atoms with Crippen LogP contribution in [-0.4, -0.2) is 69.9 Å². The van der Waals surface area contributed by atoms with Crippen LogP contribution in [0, 0.1) is 6.92 Å². The number of aromatic nitrogens is 2. The van der Waals surface area contributed by atoms with Gasteiger partial charge in [-0.3, -0.25) is 9.59 Å². The Morgan fingerprint density at radius 3 is 2.13 bits per heavy atom. The summed E-state index contributed by atoms with van der Waals surface area (Å²) in [5, 5.41) is 0. The summed E-state index contributed by atoms with van der Waals surface area (Å²) >= 11 is 0. The Kier molecular flexibility index (Phi) is 8.93. The van der Waals surface area contributed by atoms with Crippen molar-refractivity contribution >= 4 is 17.8 Å². The molecule has 2 aliphatic rings. The summed E-state index contributed by atoms with van der Waals surface area (Å²) in [4.78, 5) is 40.8. The summed E-state index contributed by atoms with van der Waals surface area (Å²) in [6.45, 7) is 7.56. The number of nitrogens with zero attached hydrogens (tertiary/aromatic N) is 5. The molecule has 0 N–H and O–H groups in total. The minimum atomic E-state index is -5.02. The maximum atomic E-state index is 14.2. The van der Waals surface area contributed by atoms with Gasteiger partial charge in [-0.1, -0.05) is 24.3 Å². The minimum absolute atomic E-state index is 0.00681. The molecule has 246 valence electrons. The van der Waals surface area contributed by atoms with Gasteiger partial charge in [-0.15, -0.1) is 0 Å². The first-order valence-electron chi connectivity index (χ1n) is 14.8. The highest BCUT2D eigenvalue weighted by Gasteiger charge is 2.38. The topological polar surface area (TPSA) is 78.9 Å². The van der Waals surface area contributed by atoms with Gasteiger partial charge >= 0.3 is 12.4 Å². The van der Waals surface area contributed by atoms with Gasteiger partial charge in [0.25, 0.3) is 5.91 Å². The molecular formula is C32H33F6N5O3. The fraction of sp³-hybridized carbons (Fsp3) is 0.438. The summed E-state index contributed by atoms with van der Waals surface area (Å²) in [7, 11) is 0. The molecule has 0 aliphatic carbocycles. The molecule has 46 heavy (non-hydrogen) atoms. The Morgan fingerprint density at radius 1 is 0.957 bits per heavy atom. The minimum Gasteiger partial charge on any atom is -0.477 e. The summed E-state index contributed by atoms with van der Waals surface area (Å²) < 4.78 is 87.5. The predicted molar refractivity (Wildman–Crippen MR) is 157 cm³/mol. The van der Waals surface area contributed by atoms with Gasteiger partial charge in [0.2, 0.25) is 17.7 Å². The van der Waals surface area contributed by atoms with Crippen molar-refractivity contribution in [2.75, 3.05) is 31.1 Å². The molecule has 0 saturated carbocycles. The summed E-state index contributed by atoms with van der Waals surface area (Å²) in [5.74, 6) is -0.510. The number of carbonyl (C=O) groups is 2. The first-order valence-corrected chi connectivity index (χ1v) is 14.8. The number of ether oxygens (including phenoxy) is 1. The Labute approximate surface area is 262 Å². The summed E-state index contributed by atoms with van der Waals surface area (Å²) in [6.07, 6.45) is -9.80. The van der Waals surface area contributed by atoms with Gasteiger partial charge in [0, 0.05) is 50.7 Å². The third kappa shape index (κ3) is 6.75. The number of amides is 2. The Bertz CT molecular complexity index is 1600. The number of aryl methyl sites for hydroxylation is 1. The second-order valence-electron chi connectivity index (χ2n) is 11.7. The lowest BCUT2D eigenvalue weighted by Gasteiger charge is -2.44. The van der Waals surface area contributed by atoms with E-state index in [1.54, 1.807) is 17.0 Å². The molecule has 1 fully saturated rings. The fourth-order valence-corrected chi connectivity index (χ4v) is 6.17. The number of hydrogen-bond donors (Lipinski definition) is 0. The molecule has 0 spiro atoms. The smallest absolute Gasteiger partial charge is 0.416 e. The van der Waals surface area contributed by atoms with Crippen LogP contribution in [0.1, 0.15) is 59.8 Å². The van der Waals surface area contributed by atoms with Crippen LogP contribution in [0.4, 0.5) is 32.3 Å². The molecule has 0 bridgehead atoms. The van der Waals surface area contributed by atoms with Crippen LogP contribution in [0.15, 0.2) is 42.5 Å². The lowest BCUT2D eigenvalue weighted by Crippen LogP contribution is -2.58. The number of benzene rings is 2. The third-order valence-corrected chi connectivity index (χ3v) is 8.16. The fourth-order valence-electron chi connectivity index (χ4n) is 6.17. The quantitative estimate of drug-likeness (QED) is 0.306. The van der Waals surface area contributed by atoms with Gasteiger partial charge in [-0.25, -0.2) is 4.98 Å². The van der Waals surface area contributed by atoms with Gasteiger partial charge < -0.3 is 19.4 Å². The number of halogens is 6. The molecule has 14 heteroatoms. The summed E-state index contributed by atoms with van der Waals surface area (Å²) in [6, 6.07) is 8.15. The van der Waals surface area contributed by atoms with Crippen LogP contribution >= 0.6 is 0 Å². The number of rotatable bonds is 4. The monoisotopic (exact) mass is 649 g/mol. The third-order valence-electron chi connectivity index (χ3n) is 8.16. The van der Waals surface area contributed by atoms with Crippen LogP contribution < -0.4 is 9.64 Å². The number of anilines is 1. The van der Waals surface area contributed by atoms with Crippen molar-refractivity contribution in [1.82, 2.24) is 19.8 Å². The van der Waals surface area contributed by atoms with Crippen molar-refractivity contribution < 1.29 is 40.7 Å². The molecule has 3 heterocycles. The standard InChI is InChI=1S/C32H33F6N5O3/c1-18-8-5-6-9-25(18)27-26-28(40-30(39-27)42-15-19(2)43(21(4)44)20(3)16-42)46-11-7-10-41(29(26)45)17-22-12-23(31(33,34)35)14-24(13-22)32(36,37)38/h5-6,8-9,12-14,19-20H,7,10-11,15-17H2,1-4H3. The van der Waals surface area contributed by atoms with E-state index in [1.165, 1.54) is 11.8 Å². The zero-order chi connectivity index (χ0) is 33.6. The van der Waals surface area contributed by atoms with Gasteiger partial charge in [-0.05, 0) is 56.5 Å². The van der Waals surface area contributed by atoms with Crippen molar-refractivity contribution in [3.05, 3.63) is 70.3 Å². The summed E-state index contributed by atoms with van der Waals surface area (Å²) in [5.41, 5.74) is -1.69. The second kappa shape index (κ2) is 12.4. The molecule has 2 atom stereocenters. The average Bonchev–Trinajstić information content (AvgIpc) is 2.95. The first-order chi connectivity index (χ1) is 21.5. The SMILES string of the molecule is CC(=O)N1C(C)CN(c2nc3c(c(-c4ccccc4C)n2)C(=O)N(Cc2cc(C(F)(F)F)cc(C(F)(F)F)c2)CCCO3)CC1C. The molecule has 5 rings (SSSR count). The molecule has 2 aromatic carbocycles. The van der Waals surface area contributed by atoms with Crippen molar-refractivity contribution in [2.45, 2.75) is 65.1 Å². The Hall–Kier alpha value is -4.36. The number of carbonyl (C=O) groups excluding carboxylic acids is 2. The maximum Gasteiger partial charge on any atom is 0.416 e. The zero-order valence-electron chi connectivity index (χ0n) is 25.7. The Morgan fingerprint density at radius 2 is 1.57 bits per heavy atom. The average molecular weight is 650 g/mol. The highest BCUT2D eigenvalue weighted by molar-refractivity contribution is 6.02. The van der Waals surface area contributed by atoms with Gasteiger partial charge in [0.15, 0.2) is 0 Å². The van der Waals surface area contributed by atoms with Crippen molar-refractivity contribution in [3.8, 4) is 17.1 Å². The molecule has 8 nitrogen and oxygen atoms in total.